The molecule has 0 aliphatic carbocycles. The van der Waals surface area contributed by atoms with Gasteiger partial charge in [-0.3, -0.25) is 0 Å². The first-order valence-corrected chi connectivity index (χ1v) is 5.60. The predicted molar refractivity (Wildman–Crippen MR) is 67.4 cm³/mol. The van der Waals surface area contributed by atoms with Gasteiger partial charge >= 0.3 is 0 Å². The molecule has 0 saturated carbocycles. The van der Waals surface area contributed by atoms with E-state index < -0.39 is 0 Å². The highest BCUT2D eigenvalue weighted by atomic mass is 35.5. The lowest BCUT2D eigenvalue weighted by Crippen LogP contribution is -2.01. The summed E-state index contributed by atoms with van der Waals surface area (Å²) in [5.41, 5.74) is 0.591. The normalized spacial score (nSPS) is 10.4. The van der Waals surface area contributed by atoms with E-state index in [0.717, 1.165) is 0 Å². The Morgan fingerprint density at radius 3 is 2.89 bits per heavy atom. The Labute approximate surface area is 109 Å². The Morgan fingerprint density at radius 2 is 2.17 bits per heavy atom. The van der Waals surface area contributed by atoms with Crippen LogP contribution in [0.25, 0.3) is 0 Å². The number of hydrogen-bond acceptors (Lipinski definition) is 4. The summed E-state index contributed by atoms with van der Waals surface area (Å²) < 4.78 is 18.0. The molecular weight excluding hydrogens is 257 g/mol. The third-order valence-corrected chi connectivity index (χ3v) is 2.31. The Balaban J connectivity index is 2.23. The van der Waals surface area contributed by atoms with Gasteiger partial charge in [0.05, 0.1) is 0 Å². The van der Waals surface area contributed by atoms with E-state index in [1.807, 2.05) is 0 Å². The number of hydrogen-bond donors (Lipinski definition) is 1. The molecule has 2 aromatic rings. The van der Waals surface area contributed by atoms with Gasteiger partial charge in [0.1, 0.15) is 23.4 Å². The molecule has 0 aliphatic rings. The largest absolute Gasteiger partial charge is 0.377 e. The van der Waals surface area contributed by atoms with Crippen LogP contribution in [0.5, 0.6) is 0 Å². The van der Waals surface area contributed by atoms with Crippen molar-refractivity contribution >= 4 is 23.1 Å². The molecule has 2 rings (SSSR count). The number of halogens is 2. The first-order valence-electron chi connectivity index (χ1n) is 5.22. The number of ether oxygens (including phenoxy) is 1. The van der Waals surface area contributed by atoms with E-state index in [-0.39, 0.29) is 12.4 Å². The molecule has 1 aromatic heterocycles. The molecule has 0 unspecified atom stereocenters. The Morgan fingerprint density at radius 1 is 1.33 bits per heavy atom. The van der Waals surface area contributed by atoms with Gasteiger partial charge in [0.15, 0.2) is 5.82 Å². The molecular formula is C12H11ClFN3O. The third-order valence-electron chi connectivity index (χ3n) is 2.11. The highest BCUT2D eigenvalue weighted by Gasteiger charge is 2.04. The number of aromatic nitrogens is 2. The number of nitrogens with one attached hydrogen (secondary N) is 1. The second-order valence-corrected chi connectivity index (χ2v) is 3.95. The van der Waals surface area contributed by atoms with E-state index in [4.69, 9.17) is 16.3 Å². The highest BCUT2D eigenvalue weighted by molar-refractivity contribution is 6.29. The van der Waals surface area contributed by atoms with Crippen LogP contribution < -0.4 is 5.32 Å². The van der Waals surface area contributed by atoms with Crippen molar-refractivity contribution in [1.29, 1.82) is 0 Å². The number of methoxy groups -OCH3 is 1. The van der Waals surface area contributed by atoms with Crippen molar-refractivity contribution in [3.8, 4) is 0 Å². The van der Waals surface area contributed by atoms with Crippen molar-refractivity contribution in [3.05, 3.63) is 47.1 Å². The lowest BCUT2D eigenvalue weighted by atomic mass is 10.3. The monoisotopic (exact) mass is 267 g/mol. The minimum absolute atomic E-state index is 0.262. The van der Waals surface area contributed by atoms with E-state index in [9.17, 15) is 4.39 Å². The van der Waals surface area contributed by atoms with Crippen LogP contribution in [-0.2, 0) is 11.3 Å². The summed E-state index contributed by atoms with van der Waals surface area (Å²) >= 11 is 5.86. The average Bonchev–Trinajstić information content (AvgIpc) is 2.28. The zero-order valence-corrected chi connectivity index (χ0v) is 10.4. The maximum atomic E-state index is 13.0. The fraction of sp³-hybridized carbons (Fsp3) is 0.167. The van der Waals surface area contributed by atoms with Gasteiger partial charge in [0, 0.05) is 18.9 Å². The van der Waals surface area contributed by atoms with Gasteiger partial charge in [-0.2, -0.15) is 0 Å². The van der Waals surface area contributed by atoms with Crippen LogP contribution in [0.3, 0.4) is 0 Å². The Hall–Kier alpha value is -1.72. The fourth-order valence-corrected chi connectivity index (χ4v) is 1.64. The number of benzene rings is 1. The molecule has 94 valence electrons. The van der Waals surface area contributed by atoms with Crippen LogP contribution in [-0.4, -0.2) is 17.1 Å². The minimum Gasteiger partial charge on any atom is -0.377 e. The lowest BCUT2D eigenvalue weighted by Gasteiger charge is -2.07. The second-order valence-electron chi connectivity index (χ2n) is 3.56. The zero-order valence-electron chi connectivity index (χ0n) is 9.65. The summed E-state index contributed by atoms with van der Waals surface area (Å²) in [4.78, 5) is 8.19. The van der Waals surface area contributed by atoms with E-state index in [2.05, 4.69) is 15.3 Å². The van der Waals surface area contributed by atoms with Crippen molar-refractivity contribution in [1.82, 2.24) is 9.97 Å². The summed E-state index contributed by atoms with van der Waals surface area (Å²) in [6, 6.07) is 7.64. The van der Waals surface area contributed by atoms with Crippen molar-refractivity contribution in [2.24, 2.45) is 0 Å². The summed E-state index contributed by atoms with van der Waals surface area (Å²) in [5, 5.41) is 3.26. The summed E-state index contributed by atoms with van der Waals surface area (Å²) in [7, 11) is 1.55. The molecule has 4 nitrogen and oxygen atoms in total. The van der Waals surface area contributed by atoms with Crippen molar-refractivity contribution in [3.63, 3.8) is 0 Å². The predicted octanol–water partition coefficient (Wildman–Crippen LogP) is 3.16. The summed E-state index contributed by atoms with van der Waals surface area (Å²) in [6.45, 7) is 0.262. The quantitative estimate of drug-likeness (QED) is 0.865. The van der Waals surface area contributed by atoms with Crippen molar-refractivity contribution in [2.75, 3.05) is 12.4 Å². The van der Waals surface area contributed by atoms with Crippen LogP contribution in [0.1, 0.15) is 5.82 Å². The molecule has 0 amide bonds. The molecule has 0 bridgehead atoms. The van der Waals surface area contributed by atoms with Crippen LogP contribution in [0.4, 0.5) is 15.9 Å². The third kappa shape index (κ3) is 3.38. The van der Waals surface area contributed by atoms with Crippen LogP contribution in [0.15, 0.2) is 30.3 Å². The molecule has 0 fully saturated rings. The van der Waals surface area contributed by atoms with Gasteiger partial charge in [-0.25, -0.2) is 14.4 Å². The maximum Gasteiger partial charge on any atom is 0.158 e. The van der Waals surface area contributed by atoms with Gasteiger partial charge in [-0.1, -0.05) is 17.7 Å². The summed E-state index contributed by atoms with van der Waals surface area (Å²) in [6.07, 6.45) is 0. The van der Waals surface area contributed by atoms with Crippen molar-refractivity contribution in [2.45, 2.75) is 6.61 Å². The van der Waals surface area contributed by atoms with E-state index in [1.165, 1.54) is 12.1 Å². The SMILES string of the molecule is COCc1nc(Cl)cc(Nc2cccc(F)c2)n1. The van der Waals surface area contributed by atoms with Gasteiger partial charge in [-0.05, 0) is 18.2 Å². The Kier molecular flexibility index (Phi) is 4.07. The second kappa shape index (κ2) is 5.75. The first kappa shape index (κ1) is 12.7. The molecule has 0 spiro atoms. The molecule has 0 atom stereocenters. The topological polar surface area (TPSA) is 47.0 Å². The molecule has 18 heavy (non-hydrogen) atoms. The first-order chi connectivity index (χ1) is 8.67. The number of nitrogens with zero attached hydrogens (tertiary/aromatic N) is 2. The zero-order chi connectivity index (χ0) is 13.0. The number of rotatable bonds is 4. The molecule has 0 saturated heterocycles. The van der Waals surface area contributed by atoms with Crippen LogP contribution in [0, 0.1) is 5.82 Å². The molecule has 0 radical (unpaired) electrons. The van der Waals surface area contributed by atoms with Crippen LogP contribution in [0.2, 0.25) is 5.15 Å². The highest BCUT2D eigenvalue weighted by Crippen LogP contribution is 2.18. The van der Waals surface area contributed by atoms with E-state index in [1.54, 1.807) is 25.3 Å². The Bertz CT molecular complexity index is 551. The lowest BCUT2D eigenvalue weighted by molar-refractivity contribution is 0.178. The molecule has 0 aliphatic heterocycles. The summed E-state index contributed by atoms with van der Waals surface area (Å²) in [5.74, 6) is 0.633. The molecule has 6 heteroatoms. The van der Waals surface area contributed by atoms with E-state index >= 15 is 0 Å². The standard InChI is InChI=1S/C12H11ClFN3O/c1-18-7-12-16-10(13)6-11(17-12)15-9-4-2-3-8(14)5-9/h2-6H,7H2,1H3,(H,15,16,17). The fourth-order valence-electron chi connectivity index (χ4n) is 1.44. The van der Waals surface area contributed by atoms with Crippen LogP contribution >= 0.6 is 11.6 Å². The molecule has 1 N–H and O–H groups in total. The number of anilines is 2. The molecule has 1 heterocycles. The smallest absolute Gasteiger partial charge is 0.158 e. The van der Waals surface area contributed by atoms with E-state index in [0.29, 0.717) is 22.5 Å². The van der Waals surface area contributed by atoms with Gasteiger partial charge in [0.25, 0.3) is 0 Å². The maximum absolute atomic E-state index is 13.0. The van der Waals surface area contributed by atoms with Gasteiger partial charge < -0.3 is 10.1 Å². The minimum atomic E-state index is -0.322. The van der Waals surface area contributed by atoms with Gasteiger partial charge in [-0.15, -0.1) is 0 Å². The van der Waals surface area contributed by atoms with Crippen molar-refractivity contribution < 1.29 is 9.13 Å². The average molecular weight is 268 g/mol. The molecule has 1 aromatic carbocycles. The van der Waals surface area contributed by atoms with Gasteiger partial charge in [0.2, 0.25) is 0 Å².